The number of nitrogens with one attached hydrogen (secondary N) is 1. The molecule has 3 nitrogen and oxygen atoms in total. The largest absolute Gasteiger partial charge is 0.481 e. The SMILES string of the molecule is CC[C@H](Oc1cccc(C)c1)C(=O)Nc1ccc(Br)cc1. The zero-order valence-corrected chi connectivity index (χ0v) is 13.7. The van der Waals surface area contributed by atoms with E-state index in [-0.39, 0.29) is 5.91 Å². The lowest BCUT2D eigenvalue weighted by Crippen LogP contribution is -2.32. The zero-order chi connectivity index (χ0) is 15.2. The Morgan fingerprint density at radius 2 is 1.95 bits per heavy atom. The average Bonchev–Trinajstić information content (AvgIpc) is 2.47. The molecule has 0 aliphatic carbocycles. The second kappa shape index (κ2) is 7.27. The maximum absolute atomic E-state index is 12.3. The number of halogens is 1. The highest BCUT2D eigenvalue weighted by Crippen LogP contribution is 2.18. The van der Waals surface area contributed by atoms with E-state index in [0.717, 1.165) is 15.7 Å². The van der Waals surface area contributed by atoms with Crippen LogP contribution in [-0.2, 0) is 4.79 Å². The van der Waals surface area contributed by atoms with Crippen molar-refractivity contribution < 1.29 is 9.53 Å². The number of anilines is 1. The smallest absolute Gasteiger partial charge is 0.265 e. The number of hydrogen-bond donors (Lipinski definition) is 1. The first-order valence-electron chi connectivity index (χ1n) is 6.88. The van der Waals surface area contributed by atoms with Crippen LogP contribution in [0.1, 0.15) is 18.9 Å². The van der Waals surface area contributed by atoms with E-state index in [9.17, 15) is 4.79 Å². The van der Waals surface area contributed by atoms with Crippen LogP contribution in [0, 0.1) is 6.92 Å². The molecule has 2 rings (SSSR count). The molecule has 2 aromatic carbocycles. The average molecular weight is 348 g/mol. The van der Waals surface area contributed by atoms with E-state index < -0.39 is 6.10 Å². The van der Waals surface area contributed by atoms with Crippen molar-refractivity contribution in [3.8, 4) is 5.75 Å². The van der Waals surface area contributed by atoms with Crippen molar-refractivity contribution in [2.75, 3.05) is 5.32 Å². The van der Waals surface area contributed by atoms with Gasteiger partial charge in [0.2, 0.25) is 0 Å². The number of amides is 1. The van der Waals surface area contributed by atoms with Crippen molar-refractivity contribution in [2.45, 2.75) is 26.4 Å². The van der Waals surface area contributed by atoms with Crippen LogP contribution < -0.4 is 10.1 Å². The van der Waals surface area contributed by atoms with Crippen LogP contribution in [0.2, 0.25) is 0 Å². The summed E-state index contributed by atoms with van der Waals surface area (Å²) in [5, 5.41) is 2.87. The van der Waals surface area contributed by atoms with Crippen molar-refractivity contribution in [3.05, 3.63) is 58.6 Å². The van der Waals surface area contributed by atoms with E-state index in [1.165, 1.54) is 0 Å². The van der Waals surface area contributed by atoms with Gasteiger partial charge in [0.15, 0.2) is 6.10 Å². The molecule has 0 fully saturated rings. The first-order chi connectivity index (χ1) is 10.1. The molecule has 0 radical (unpaired) electrons. The summed E-state index contributed by atoms with van der Waals surface area (Å²) >= 11 is 3.37. The summed E-state index contributed by atoms with van der Waals surface area (Å²) in [5.74, 6) is 0.578. The molecular weight excluding hydrogens is 330 g/mol. The van der Waals surface area contributed by atoms with Crippen molar-refractivity contribution >= 4 is 27.5 Å². The Morgan fingerprint density at radius 3 is 2.57 bits per heavy atom. The normalized spacial score (nSPS) is 11.8. The van der Waals surface area contributed by atoms with Crippen molar-refractivity contribution in [3.63, 3.8) is 0 Å². The fraction of sp³-hybridized carbons (Fsp3) is 0.235. The number of rotatable bonds is 5. The number of benzene rings is 2. The molecule has 1 N–H and O–H groups in total. The molecule has 0 saturated carbocycles. The molecular formula is C17H18BrNO2. The fourth-order valence-electron chi connectivity index (χ4n) is 1.93. The lowest BCUT2D eigenvalue weighted by Gasteiger charge is -2.17. The summed E-state index contributed by atoms with van der Waals surface area (Å²) in [5.41, 5.74) is 1.87. The Bertz CT molecular complexity index is 610. The van der Waals surface area contributed by atoms with Gasteiger partial charge in [-0.15, -0.1) is 0 Å². The second-order valence-corrected chi connectivity index (χ2v) is 5.74. The lowest BCUT2D eigenvalue weighted by atomic mass is 10.2. The number of ether oxygens (including phenoxy) is 1. The number of carbonyl (C=O) groups is 1. The molecule has 0 unspecified atom stereocenters. The van der Waals surface area contributed by atoms with Crippen LogP contribution in [0.5, 0.6) is 5.75 Å². The Morgan fingerprint density at radius 1 is 1.24 bits per heavy atom. The van der Waals surface area contributed by atoms with Gasteiger partial charge in [-0.2, -0.15) is 0 Å². The summed E-state index contributed by atoms with van der Waals surface area (Å²) in [6, 6.07) is 15.2. The van der Waals surface area contributed by atoms with E-state index in [2.05, 4.69) is 21.2 Å². The lowest BCUT2D eigenvalue weighted by molar-refractivity contribution is -0.122. The third kappa shape index (κ3) is 4.60. The van der Waals surface area contributed by atoms with E-state index in [1.807, 2.05) is 62.4 Å². The predicted octanol–water partition coefficient (Wildman–Crippen LogP) is 4.55. The first kappa shape index (κ1) is 15.6. The molecule has 110 valence electrons. The van der Waals surface area contributed by atoms with Crippen LogP contribution in [0.4, 0.5) is 5.69 Å². The van der Waals surface area contributed by atoms with Gasteiger partial charge >= 0.3 is 0 Å². The summed E-state index contributed by atoms with van der Waals surface area (Å²) in [6.45, 7) is 3.93. The number of carbonyl (C=O) groups excluding carboxylic acids is 1. The highest BCUT2D eigenvalue weighted by molar-refractivity contribution is 9.10. The minimum Gasteiger partial charge on any atom is -0.481 e. The van der Waals surface area contributed by atoms with E-state index in [1.54, 1.807) is 0 Å². The van der Waals surface area contributed by atoms with Gasteiger partial charge in [0, 0.05) is 10.2 Å². The van der Waals surface area contributed by atoms with Gasteiger partial charge < -0.3 is 10.1 Å². The summed E-state index contributed by atoms with van der Waals surface area (Å²) in [6.07, 6.45) is 0.103. The fourth-order valence-corrected chi connectivity index (χ4v) is 2.20. The standard InChI is InChI=1S/C17H18BrNO2/c1-3-16(21-15-6-4-5-12(2)11-15)17(20)19-14-9-7-13(18)8-10-14/h4-11,16H,3H2,1-2H3,(H,19,20)/t16-/m0/s1. The monoisotopic (exact) mass is 347 g/mol. The van der Waals surface area contributed by atoms with E-state index >= 15 is 0 Å². The molecule has 0 heterocycles. The molecule has 21 heavy (non-hydrogen) atoms. The second-order valence-electron chi connectivity index (χ2n) is 4.83. The van der Waals surface area contributed by atoms with Crippen LogP contribution >= 0.6 is 15.9 Å². The maximum atomic E-state index is 12.3. The minimum atomic E-state index is -0.504. The van der Waals surface area contributed by atoms with Gasteiger partial charge in [-0.3, -0.25) is 4.79 Å². The van der Waals surface area contributed by atoms with Crippen LogP contribution in [0.15, 0.2) is 53.0 Å². The molecule has 0 spiro atoms. The molecule has 2 aromatic rings. The molecule has 1 amide bonds. The van der Waals surface area contributed by atoms with Crippen LogP contribution in [0.25, 0.3) is 0 Å². The highest BCUT2D eigenvalue weighted by atomic mass is 79.9. The predicted molar refractivity (Wildman–Crippen MR) is 88.7 cm³/mol. The van der Waals surface area contributed by atoms with Gasteiger partial charge in [0.1, 0.15) is 5.75 Å². The number of aryl methyl sites for hydroxylation is 1. The van der Waals surface area contributed by atoms with Crippen LogP contribution in [-0.4, -0.2) is 12.0 Å². The third-order valence-electron chi connectivity index (χ3n) is 3.04. The zero-order valence-electron chi connectivity index (χ0n) is 12.1. The van der Waals surface area contributed by atoms with Crippen molar-refractivity contribution in [1.29, 1.82) is 0 Å². The molecule has 0 saturated heterocycles. The summed E-state index contributed by atoms with van der Waals surface area (Å²) in [4.78, 5) is 12.3. The van der Waals surface area contributed by atoms with Gasteiger partial charge in [-0.25, -0.2) is 0 Å². The van der Waals surface area contributed by atoms with Crippen LogP contribution in [0.3, 0.4) is 0 Å². The Balaban J connectivity index is 2.03. The summed E-state index contributed by atoms with van der Waals surface area (Å²) in [7, 11) is 0. The van der Waals surface area contributed by atoms with Gasteiger partial charge in [0.25, 0.3) is 5.91 Å². The topological polar surface area (TPSA) is 38.3 Å². The van der Waals surface area contributed by atoms with Gasteiger partial charge in [0.05, 0.1) is 0 Å². The quantitative estimate of drug-likeness (QED) is 0.861. The Hall–Kier alpha value is -1.81. The third-order valence-corrected chi connectivity index (χ3v) is 3.57. The van der Waals surface area contributed by atoms with Gasteiger partial charge in [-0.05, 0) is 55.3 Å². The highest BCUT2D eigenvalue weighted by Gasteiger charge is 2.18. The molecule has 4 heteroatoms. The Labute approximate surface area is 133 Å². The number of hydrogen-bond acceptors (Lipinski definition) is 2. The molecule has 0 aliphatic rings. The van der Waals surface area contributed by atoms with Gasteiger partial charge in [-0.1, -0.05) is 35.0 Å². The molecule has 0 bridgehead atoms. The summed E-state index contributed by atoms with van der Waals surface area (Å²) < 4.78 is 6.76. The first-order valence-corrected chi connectivity index (χ1v) is 7.67. The van der Waals surface area contributed by atoms with E-state index in [0.29, 0.717) is 12.2 Å². The minimum absolute atomic E-state index is 0.138. The van der Waals surface area contributed by atoms with Crippen molar-refractivity contribution in [1.82, 2.24) is 0 Å². The maximum Gasteiger partial charge on any atom is 0.265 e. The molecule has 0 aromatic heterocycles. The molecule has 1 atom stereocenters. The van der Waals surface area contributed by atoms with Crippen molar-refractivity contribution in [2.24, 2.45) is 0 Å². The van der Waals surface area contributed by atoms with E-state index in [4.69, 9.17) is 4.74 Å². The Kier molecular flexibility index (Phi) is 5.39. The molecule has 0 aliphatic heterocycles.